The molecule has 0 radical (unpaired) electrons. The molecule has 5 heteroatoms. The molecule has 0 saturated carbocycles. The lowest BCUT2D eigenvalue weighted by molar-refractivity contribution is -0.134. The maximum absolute atomic E-state index is 11.2. The van der Waals surface area contributed by atoms with Crippen LogP contribution in [0.15, 0.2) is 18.2 Å². The van der Waals surface area contributed by atoms with E-state index in [1.807, 2.05) is 27.7 Å². The number of carbonyl (C=O) groups excluding carboxylic acids is 1. The van der Waals surface area contributed by atoms with Crippen LogP contribution in [-0.2, 0) is 9.53 Å². The first-order valence-electron chi connectivity index (χ1n) is 7.18. The summed E-state index contributed by atoms with van der Waals surface area (Å²) < 4.78 is 21.6. The topological polar surface area (TPSA) is 54.0 Å². The van der Waals surface area contributed by atoms with Gasteiger partial charge in [-0.1, -0.05) is 0 Å². The molecule has 0 atom stereocenters. The van der Waals surface area contributed by atoms with Crippen molar-refractivity contribution in [3.8, 4) is 17.2 Å². The van der Waals surface area contributed by atoms with Crippen molar-refractivity contribution in [2.24, 2.45) is 0 Å². The van der Waals surface area contributed by atoms with E-state index in [0.29, 0.717) is 17.2 Å². The molecule has 0 saturated heterocycles. The summed E-state index contributed by atoms with van der Waals surface area (Å²) in [5, 5.41) is 0. The van der Waals surface area contributed by atoms with Gasteiger partial charge in [0.2, 0.25) is 5.75 Å². The average molecular weight is 308 g/mol. The van der Waals surface area contributed by atoms with E-state index in [2.05, 4.69) is 4.74 Å². The average Bonchev–Trinajstić information content (AvgIpc) is 2.43. The number of hydrogen-bond acceptors (Lipinski definition) is 5. The highest BCUT2D eigenvalue weighted by Gasteiger charge is 2.16. The Labute approximate surface area is 131 Å². The van der Waals surface area contributed by atoms with Crippen LogP contribution in [-0.4, -0.2) is 32.4 Å². The van der Waals surface area contributed by atoms with Gasteiger partial charge in [-0.25, -0.2) is 4.79 Å². The molecule has 0 unspecified atom stereocenters. The lowest BCUT2D eigenvalue weighted by Crippen LogP contribution is -2.10. The molecule has 0 aliphatic heterocycles. The van der Waals surface area contributed by atoms with Gasteiger partial charge in [-0.2, -0.15) is 0 Å². The number of methoxy groups -OCH3 is 2. The molecule has 0 fully saturated rings. The minimum atomic E-state index is -0.423. The van der Waals surface area contributed by atoms with Gasteiger partial charge in [0.1, 0.15) is 0 Å². The first-order chi connectivity index (χ1) is 10.4. The summed E-state index contributed by atoms with van der Waals surface area (Å²) in [4.78, 5) is 11.2. The van der Waals surface area contributed by atoms with E-state index in [1.54, 1.807) is 25.3 Å². The van der Waals surface area contributed by atoms with E-state index in [4.69, 9.17) is 14.2 Å². The first-order valence-corrected chi connectivity index (χ1v) is 7.18. The number of esters is 1. The van der Waals surface area contributed by atoms with Crippen molar-refractivity contribution in [1.29, 1.82) is 0 Å². The maximum atomic E-state index is 11.2. The molecule has 0 bridgehead atoms. The zero-order valence-electron chi connectivity index (χ0n) is 14.0. The number of benzene rings is 1. The quantitative estimate of drug-likeness (QED) is 0.570. The predicted octanol–water partition coefficient (Wildman–Crippen LogP) is 3.46. The summed E-state index contributed by atoms with van der Waals surface area (Å²) in [7, 11) is 2.90. The predicted molar refractivity (Wildman–Crippen MR) is 85.6 cm³/mol. The lowest BCUT2D eigenvalue weighted by atomic mass is 10.1. The van der Waals surface area contributed by atoms with Gasteiger partial charge in [0, 0.05) is 6.08 Å². The van der Waals surface area contributed by atoms with E-state index in [-0.39, 0.29) is 12.2 Å². The molecule has 0 amide bonds. The molecule has 0 heterocycles. The van der Waals surface area contributed by atoms with Gasteiger partial charge >= 0.3 is 5.97 Å². The molecule has 0 aliphatic rings. The van der Waals surface area contributed by atoms with Gasteiger partial charge in [-0.3, -0.25) is 0 Å². The van der Waals surface area contributed by atoms with Crippen LogP contribution in [0.3, 0.4) is 0 Å². The zero-order valence-corrected chi connectivity index (χ0v) is 14.0. The van der Waals surface area contributed by atoms with Crippen LogP contribution in [0.5, 0.6) is 17.2 Å². The van der Waals surface area contributed by atoms with Crippen molar-refractivity contribution in [3.05, 3.63) is 23.8 Å². The largest absolute Gasteiger partial charge is 0.490 e. The van der Waals surface area contributed by atoms with Crippen molar-refractivity contribution in [3.63, 3.8) is 0 Å². The zero-order chi connectivity index (χ0) is 16.7. The molecule has 1 aromatic rings. The van der Waals surface area contributed by atoms with E-state index in [1.165, 1.54) is 13.2 Å². The van der Waals surface area contributed by atoms with Gasteiger partial charge < -0.3 is 18.9 Å². The Morgan fingerprint density at radius 2 is 1.50 bits per heavy atom. The third-order valence-corrected chi connectivity index (χ3v) is 2.59. The van der Waals surface area contributed by atoms with E-state index < -0.39 is 5.97 Å². The van der Waals surface area contributed by atoms with Crippen LogP contribution in [0.25, 0.3) is 6.08 Å². The molecule has 0 aromatic heterocycles. The minimum Gasteiger partial charge on any atom is -0.490 e. The second kappa shape index (κ2) is 8.32. The molecular formula is C17H24O5. The maximum Gasteiger partial charge on any atom is 0.330 e. The summed E-state index contributed by atoms with van der Waals surface area (Å²) >= 11 is 0. The molecule has 0 spiro atoms. The first kappa shape index (κ1) is 17.9. The summed E-state index contributed by atoms with van der Waals surface area (Å²) in [6.45, 7) is 7.72. The fourth-order valence-corrected chi connectivity index (χ4v) is 1.81. The van der Waals surface area contributed by atoms with Crippen LogP contribution in [0, 0.1) is 0 Å². The lowest BCUT2D eigenvalue weighted by Gasteiger charge is -2.19. The van der Waals surface area contributed by atoms with Crippen LogP contribution >= 0.6 is 0 Å². The van der Waals surface area contributed by atoms with Gasteiger partial charge in [-0.05, 0) is 51.5 Å². The van der Waals surface area contributed by atoms with Gasteiger partial charge in [0.25, 0.3) is 0 Å². The SMILES string of the molecule is COC(=O)/C=C/c1cc(OC(C)C)c(OC)c(OC(C)C)c1. The molecular weight excluding hydrogens is 284 g/mol. The standard InChI is InChI=1S/C17H24O5/c1-11(2)21-14-9-13(7-8-16(18)19-5)10-15(17(14)20-6)22-12(3)4/h7-12H,1-6H3/b8-7+. The number of carbonyl (C=O) groups is 1. The van der Waals surface area contributed by atoms with E-state index in [9.17, 15) is 4.79 Å². The van der Waals surface area contributed by atoms with Crippen molar-refractivity contribution >= 4 is 12.0 Å². The highest BCUT2D eigenvalue weighted by molar-refractivity contribution is 5.87. The third-order valence-electron chi connectivity index (χ3n) is 2.59. The second-order valence-electron chi connectivity index (χ2n) is 5.24. The normalized spacial score (nSPS) is 11.1. The van der Waals surface area contributed by atoms with Crippen LogP contribution in [0.2, 0.25) is 0 Å². The highest BCUT2D eigenvalue weighted by Crippen LogP contribution is 2.40. The van der Waals surface area contributed by atoms with Gasteiger partial charge in [0.05, 0.1) is 26.4 Å². The van der Waals surface area contributed by atoms with Crippen LogP contribution in [0.1, 0.15) is 33.3 Å². The molecule has 5 nitrogen and oxygen atoms in total. The van der Waals surface area contributed by atoms with Crippen molar-refractivity contribution in [1.82, 2.24) is 0 Å². The van der Waals surface area contributed by atoms with Gasteiger partial charge in [0.15, 0.2) is 11.5 Å². The fraction of sp³-hybridized carbons (Fsp3) is 0.471. The summed E-state index contributed by atoms with van der Waals surface area (Å²) in [6, 6.07) is 3.59. The second-order valence-corrected chi connectivity index (χ2v) is 5.24. The van der Waals surface area contributed by atoms with Gasteiger partial charge in [-0.15, -0.1) is 0 Å². The van der Waals surface area contributed by atoms with Crippen LogP contribution in [0.4, 0.5) is 0 Å². The molecule has 1 aromatic carbocycles. The fourth-order valence-electron chi connectivity index (χ4n) is 1.81. The smallest absolute Gasteiger partial charge is 0.330 e. The highest BCUT2D eigenvalue weighted by atomic mass is 16.5. The molecule has 1 rings (SSSR count). The Kier molecular flexibility index (Phi) is 6.76. The van der Waals surface area contributed by atoms with Crippen molar-refractivity contribution in [2.45, 2.75) is 39.9 Å². The Hall–Kier alpha value is -2.17. The summed E-state index contributed by atoms with van der Waals surface area (Å²) in [5.74, 6) is 1.26. The van der Waals surface area contributed by atoms with Crippen LogP contribution < -0.4 is 14.2 Å². The third kappa shape index (κ3) is 5.31. The van der Waals surface area contributed by atoms with E-state index in [0.717, 1.165) is 5.56 Å². The Bertz CT molecular complexity index is 501. The monoisotopic (exact) mass is 308 g/mol. The summed E-state index contributed by atoms with van der Waals surface area (Å²) in [5.41, 5.74) is 0.762. The Morgan fingerprint density at radius 1 is 1.00 bits per heavy atom. The number of hydrogen-bond donors (Lipinski definition) is 0. The number of rotatable bonds is 7. The Morgan fingerprint density at radius 3 is 1.86 bits per heavy atom. The minimum absolute atomic E-state index is 0.0133. The number of ether oxygens (including phenoxy) is 4. The Balaban J connectivity index is 3.27. The van der Waals surface area contributed by atoms with Crippen molar-refractivity contribution in [2.75, 3.05) is 14.2 Å². The van der Waals surface area contributed by atoms with E-state index >= 15 is 0 Å². The molecule has 122 valence electrons. The molecule has 22 heavy (non-hydrogen) atoms. The summed E-state index contributed by atoms with van der Waals surface area (Å²) in [6.07, 6.45) is 2.97. The molecule has 0 aliphatic carbocycles. The molecule has 0 N–H and O–H groups in total. The van der Waals surface area contributed by atoms with Crippen molar-refractivity contribution < 1.29 is 23.7 Å².